The number of thiophene rings is 2. The van der Waals surface area contributed by atoms with Gasteiger partial charge in [-0.05, 0) is 72.5 Å². The highest BCUT2D eigenvalue weighted by atomic mass is 32.1. The maximum atomic E-state index is 5.06. The van der Waals surface area contributed by atoms with Crippen molar-refractivity contribution in [3.63, 3.8) is 0 Å². The fourth-order valence-electron chi connectivity index (χ4n) is 8.75. The predicted octanol–water partition coefficient (Wildman–Crippen LogP) is 13.9. The molecule has 0 spiro atoms. The van der Waals surface area contributed by atoms with Gasteiger partial charge in [0.2, 0.25) is 0 Å². The lowest BCUT2D eigenvalue weighted by molar-refractivity contribution is 1.01. The van der Waals surface area contributed by atoms with Crippen molar-refractivity contribution in [2.75, 3.05) is 0 Å². The monoisotopic (exact) mass is 764 g/mol. The Balaban J connectivity index is 0.993. The SMILES string of the molecule is C1=C(c2ccc3c(c2)sc2cccc(-n4c5ccccc5c5ccccc54)c23)c2c(sc3ccc(-c4nc(-c5ccccc5)nc(-c5ccccc5)n4)cc23)CC1. The van der Waals surface area contributed by atoms with Crippen LogP contribution in [0.5, 0.6) is 0 Å². The van der Waals surface area contributed by atoms with Crippen molar-refractivity contribution in [2.24, 2.45) is 0 Å². The topological polar surface area (TPSA) is 43.6 Å². The summed E-state index contributed by atoms with van der Waals surface area (Å²) in [4.78, 5) is 16.5. The molecule has 7 aromatic carbocycles. The number of hydrogen-bond donors (Lipinski definition) is 0. The zero-order valence-corrected chi connectivity index (χ0v) is 32.3. The van der Waals surface area contributed by atoms with E-state index in [0.29, 0.717) is 17.5 Å². The Bertz CT molecular complexity index is 3300. The lowest BCUT2D eigenvalue weighted by Crippen LogP contribution is -2.00. The molecule has 4 aromatic heterocycles. The molecule has 0 atom stereocenters. The molecular formula is C51H32N4S2. The molecule has 0 bridgehead atoms. The Kier molecular flexibility index (Phi) is 7.37. The summed E-state index contributed by atoms with van der Waals surface area (Å²) in [7, 11) is 0. The molecule has 4 heterocycles. The van der Waals surface area contributed by atoms with E-state index in [-0.39, 0.29) is 0 Å². The van der Waals surface area contributed by atoms with Crippen molar-refractivity contribution in [1.82, 2.24) is 19.5 Å². The second-order valence-corrected chi connectivity index (χ2v) is 16.9. The summed E-state index contributed by atoms with van der Waals surface area (Å²) in [6, 6.07) is 58.5. The minimum atomic E-state index is 0.672. The summed E-state index contributed by atoms with van der Waals surface area (Å²) >= 11 is 3.80. The second-order valence-electron chi connectivity index (χ2n) is 14.6. The number of hydrogen-bond acceptors (Lipinski definition) is 5. The summed E-state index contributed by atoms with van der Waals surface area (Å²) in [5.74, 6) is 2.02. The number of aryl methyl sites for hydroxylation is 1. The fourth-order valence-corrected chi connectivity index (χ4v) is 11.1. The molecule has 1 aliphatic carbocycles. The molecule has 0 aliphatic heterocycles. The Hall–Kier alpha value is -6.73. The highest BCUT2D eigenvalue weighted by Gasteiger charge is 2.23. The lowest BCUT2D eigenvalue weighted by Gasteiger charge is -2.16. The van der Waals surface area contributed by atoms with E-state index in [4.69, 9.17) is 15.0 Å². The minimum Gasteiger partial charge on any atom is -0.309 e. The van der Waals surface area contributed by atoms with Crippen LogP contribution < -0.4 is 0 Å². The molecular weight excluding hydrogens is 733 g/mol. The van der Waals surface area contributed by atoms with Gasteiger partial charge in [0.25, 0.3) is 0 Å². The molecule has 0 amide bonds. The third kappa shape index (κ3) is 5.22. The van der Waals surface area contributed by atoms with E-state index in [1.807, 2.05) is 59.1 Å². The number of fused-ring (bicyclic) bond motifs is 9. The van der Waals surface area contributed by atoms with Gasteiger partial charge in [0, 0.05) is 68.2 Å². The van der Waals surface area contributed by atoms with Crippen LogP contribution in [-0.2, 0) is 6.42 Å². The molecule has 1 aliphatic rings. The first-order chi connectivity index (χ1) is 28.2. The maximum absolute atomic E-state index is 5.06. The van der Waals surface area contributed by atoms with Crippen LogP contribution in [0.2, 0.25) is 0 Å². The van der Waals surface area contributed by atoms with Crippen LogP contribution in [0.15, 0.2) is 170 Å². The first-order valence-electron chi connectivity index (χ1n) is 19.3. The zero-order valence-electron chi connectivity index (χ0n) is 30.7. The average molecular weight is 765 g/mol. The molecule has 0 fully saturated rings. The molecule has 0 N–H and O–H groups in total. The molecule has 0 saturated carbocycles. The van der Waals surface area contributed by atoms with Crippen LogP contribution in [0.4, 0.5) is 0 Å². The van der Waals surface area contributed by atoms with Gasteiger partial charge < -0.3 is 4.57 Å². The van der Waals surface area contributed by atoms with Crippen molar-refractivity contribution in [3.8, 4) is 39.9 Å². The zero-order chi connectivity index (χ0) is 37.5. The van der Waals surface area contributed by atoms with Crippen molar-refractivity contribution < 1.29 is 0 Å². The average Bonchev–Trinajstić information content (AvgIpc) is 3.96. The molecule has 4 nitrogen and oxygen atoms in total. The quantitative estimate of drug-likeness (QED) is 0.175. The summed E-state index contributed by atoms with van der Waals surface area (Å²) in [6.45, 7) is 0. The van der Waals surface area contributed by atoms with Crippen LogP contribution >= 0.6 is 22.7 Å². The number of benzene rings is 7. The van der Waals surface area contributed by atoms with Gasteiger partial charge in [0.1, 0.15) is 0 Å². The third-order valence-electron chi connectivity index (χ3n) is 11.3. The van der Waals surface area contributed by atoms with Crippen molar-refractivity contribution in [1.29, 1.82) is 0 Å². The van der Waals surface area contributed by atoms with Gasteiger partial charge in [-0.25, -0.2) is 15.0 Å². The van der Waals surface area contributed by atoms with E-state index in [0.717, 1.165) is 29.5 Å². The third-order valence-corrected chi connectivity index (χ3v) is 13.7. The number of rotatable bonds is 5. The Morgan fingerprint density at radius 3 is 1.77 bits per heavy atom. The molecule has 12 rings (SSSR count). The maximum Gasteiger partial charge on any atom is 0.164 e. The number of nitrogens with zero attached hydrogens (tertiary/aromatic N) is 4. The number of para-hydroxylation sites is 2. The Morgan fingerprint density at radius 2 is 1.07 bits per heavy atom. The standard InChI is InChI=1S/C51H32N4S2/c1-3-13-31(14-4-1)49-52-50(32-15-5-2-6-16-32)54-51(53-49)34-26-28-43-39(29-34)47-35(19-11-23-44(47)56-43)33-25-27-38-46(30-33)57-45-24-12-22-42(48(38)45)55-40-20-9-7-17-36(40)37-18-8-10-21-41(37)55/h1-10,12-22,24-30H,11,23H2. The van der Waals surface area contributed by atoms with Gasteiger partial charge in [-0.1, -0.05) is 121 Å². The van der Waals surface area contributed by atoms with Crippen molar-refractivity contribution >= 4 is 80.3 Å². The fraction of sp³-hybridized carbons (Fsp3) is 0.0392. The van der Waals surface area contributed by atoms with Crippen LogP contribution in [-0.4, -0.2) is 19.5 Å². The number of aromatic nitrogens is 4. The first kappa shape index (κ1) is 32.5. The van der Waals surface area contributed by atoms with Gasteiger partial charge in [0.05, 0.1) is 16.7 Å². The van der Waals surface area contributed by atoms with Crippen LogP contribution in [0.25, 0.3) is 97.5 Å². The second kappa shape index (κ2) is 12.9. The van der Waals surface area contributed by atoms with Crippen LogP contribution in [0, 0.1) is 0 Å². The molecule has 0 radical (unpaired) electrons. The smallest absolute Gasteiger partial charge is 0.164 e. The predicted molar refractivity (Wildman–Crippen MR) is 241 cm³/mol. The number of allylic oxidation sites excluding steroid dienone is 1. The van der Waals surface area contributed by atoms with E-state index >= 15 is 0 Å². The molecule has 6 heteroatoms. The van der Waals surface area contributed by atoms with E-state index in [1.165, 1.54) is 79.3 Å². The normalized spacial score (nSPS) is 12.9. The van der Waals surface area contributed by atoms with Crippen molar-refractivity contribution in [3.05, 3.63) is 186 Å². The van der Waals surface area contributed by atoms with E-state index < -0.39 is 0 Å². The Morgan fingerprint density at radius 1 is 0.439 bits per heavy atom. The lowest BCUT2D eigenvalue weighted by atomic mass is 9.89. The van der Waals surface area contributed by atoms with Gasteiger partial charge in [-0.15, -0.1) is 22.7 Å². The van der Waals surface area contributed by atoms with Crippen LogP contribution in [0.1, 0.15) is 22.4 Å². The van der Waals surface area contributed by atoms with Gasteiger partial charge in [-0.2, -0.15) is 0 Å². The van der Waals surface area contributed by atoms with E-state index in [2.05, 4.69) is 138 Å². The van der Waals surface area contributed by atoms with Gasteiger partial charge in [-0.3, -0.25) is 0 Å². The minimum absolute atomic E-state index is 0.672. The van der Waals surface area contributed by atoms with Gasteiger partial charge in [0.15, 0.2) is 17.5 Å². The van der Waals surface area contributed by atoms with Gasteiger partial charge >= 0.3 is 0 Å². The first-order valence-corrected chi connectivity index (χ1v) is 21.0. The van der Waals surface area contributed by atoms with Crippen LogP contribution in [0.3, 0.4) is 0 Å². The van der Waals surface area contributed by atoms with E-state index in [1.54, 1.807) is 0 Å². The summed E-state index contributed by atoms with van der Waals surface area (Å²) in [6.07, 6.45) is 4.52. The Labute approximate surface area is 336 Å². The van der Waals surface area contributed by atoms with Crippen molar-refractivity contribution in [2.45, 2.75) is 12.8 Å². The highest BCUT2D eigenvalue weighted by Crippen LogP contribution is 2.46. The molecule has 0 unspecified atom stereocenters. The van der Waals surface area contributed by atoms with E-state index in [9.17, 15) is 0 Å². The summed E-state index contributed by atoms with van der Waals surface area (Å²) in [5, 5.41) is 6.42. The molecule has 11 aromatic rings. The molecule has 0 saturated heterocycles. The summed E-state index contributed by atoms with van der Waals surface area (Å²) in [5.41, 5.74) is 10.5. The molecule has 57 heavy (non-hydrogen) atoms. The summed E-state index contributed by atoms with van der Waals surface area (Å²) < 4.78 is 6.34. The molecule has 268 valence electrons. The largest absolute Gasteiger partial charge is 0.309 e. The highest BCUT2D eigenvalue weighted by molar-refractivity contribution is 7.26.